The summed E-state index contributed by atoms with van der Waals surface area (Å²) in [6.07, 6.45) is 4.60. The minimum atomic E-state index is 0.0924. The molecule has 0 bridgehead atoms. The standard InChI is InChI=1S/C24H22O3.C24H30O2.C22H26O2.2C20H22O2.C18H17ClO2/c1-3-25-23-19-12-8-9-13-20(19)24(26-4-2)22-16-18(14-15-21(22)23)27-17-10-6-5-7-11-17;1-5-25-23-19-12-7-8-13-20(19)24(26-6-2)22-16-18(14-15-21(22)23)11-9-10-17(3)4;1-6-23-20-16-10-8-9-11-17(16)21(24-7-2)19-14-15(22(3,4)5)12-13-18(19)20;1-5-21-19-15-9-7-8-10-16(15)20(22-6-2)18-12-14(4)13(3)11-17(18)19;1-4-14-11-12-17-18(13-14)20(22-6-3)16-10-8-7-9-15(16)19(17)21-5-2;1-3-20-17-13-7-5-6-8-14(13)18(21-4-2)16-11-12(19)9-10-15(16)17/h5-16H,3-4H2,1-2H3;7-8,12-17H,5-6,9-11H2,1-4H3;8-14H,6-7H2,1-5H3;7-12H,5-6H2,1-4H3;7-13H,4-6H2,1-3H3;5-11H,3-4H2,1-2H3. The second-order valence-electron chi connectivity index (χ2n) is 36.1. The molecule has 14 heteroatoms. The quantitative estimate of drug-likeness (QED) is 0.0384. The van der Waals surface area contributed by atoms with Gasteiger partial charge in [0.25, 0.3) is 0 Å². The van der Waals surface area contributed by atoms with Gasteiger partial charge in [0.05, 0.1) is 79.3 Å². The van der Waals surface area contributed by atoms with Gasteiger partial charge in [-0.05, 0) is 234 Å². The highest BCUT2D eigenvalue weighted by Crippen LogP contribution is 2.52. The molecule has 0 unspecified atom stereocenters. The van der Waals surface area contributed by atoms with E-state index in [2.05, 4.69) is 225 Å². The van der Waals surface area contributed by atoms with E-state index in [-0.39, 0.29) is 5.41 Å². The number of rotatable bonds is 31. The Balaban J connectivity index is 0.000000136. The van der Waals surface area contributed by atoms with E-state index in [1.807, 2.05) is 192 Å². The molecule has 736 valence electrons. The molecule has 0 aliphatic rings. The van der Waals surface area contributed by atoms with Crippen molar-refractivity contribution in [3.63, 3.8) is 0 Å². The minimum Gasteiger partial charge on any atom is -0.493 e. The van der Waals surface area contributed by atoms with Crippen molar-refractivity contribution in [2.75, 3.05) is 79.3 Å². The zero-order valence-corrected chi connectivity index (χ0v) is 87.4. The van der Waals surface area contributed by atoms with Crippen molar-refractivity contribution in [1.82, 2.24) is 0 Å². The normalized spacial score (nSPS) is 11.2. The number of aryl methyl sites for hydroxylation is 4. The summed E-state index contributed by atoms with van der Waals surface area (Å²) in [7, 11) is 0. The predicted molar refractivity (Wildman–Crippen MR) is 600 cm³/mol. The van der Waals surface area contributed by atoms with Crippen LogP contribution in [0.4, 0.5) is 0 Å². The van der Waals surface area contributed by atoms with Crippen LogP contribution in [-0.4, -0.2) is 79.3 Å². The lowest BCUT2D eigenvalue weighted by atomic mass is 9.85. The number of ether oxygens (including phenoxy) is 13. The first kappa shape index (κ1) is 104. The number of hydrogen-bond donors (Lipinski definition) is 0. The van der Waals surface area contributed by atoms with E-state index in [4.69, 9.17) is 73.2 Å². The summed E-state index contributed by atoms with van der Waals surface area (Å²) in [6.45, 7) is 49.6. The summed E-state index contributed by atoms with van der Waals surface area (Å²) < 4.78 is 78.2. The lowest BCUT2D eigenvalue weighted by Gasteiger charge is -2.22. The monoisotopic (exact) mass is 1920 g/mol. The average molecular weight is 1920 g/mol. The topological polar surface area (TPSA) is 120 Å². The summed E-state index contributed by atoms with van der Waals surface area (Å²) in [6, 6.07) is 95.8. The highest BCUT2D eigenvalue weighted by molar-refractivity contribution is 6.32. The Labute approximate surface area is 844 Å². The fourth-order valence-corrected chi connectivity index (χ4v) is 18.9. The van der Waals surface area contributed by atoms with Gasteiger partial charge in [0.1, 0.15) is 80.5 Å². The average Bonchev–Trinajstić information content (AvgIpc) is 0.754. The van der Waals surface area contributed by atoms with Crippen LogP contribution in [-0.2, 0) is 18.3 Å². The van der Waals surface area contributed by atoms with E-state index in [1.54, 1.807) is 0 Å². The Morgan fingerprint density at radius 2 is 0.458 bits per heavy atom. The molecular formula is C128H139ClO13. The second-order valence-corrected chi connectivity index (χ2v) is 36.6. The van der Waals surface area contributed by atoms with Crippen LogP contribution in [0.2, 0.25) is 5.02 Å². The first-order valence-corrected chi connectivity index (χ1v) is 51.3. The van der Waals surface area contributed by atoms with Crippen molar-refractivity contribution < 1.29 is 61.6 Å². The summed E-state index contributed by atoms with van der Waals surface area (Å²) in [5.41, 5.74) is 6.61. The fourth-order valence-electron chi connectivity index (χ4n) is 18.7. The predicted octanol–water partition coefficient (Wildman–Crippen LogP) is 35.6. The zero-order valence-electron chi connectivity index (χ0n) is 86.6. The largest absolute Gasteiger partial charge is 0.493 e. The molecule has 13 nitrogen and oxygen atoms in total. The first-order chi connectivity index (χ1) is 69.2. The molecule has 0 N–H and O–H groups in total. The molecule has 0 fully saturated rings. The Kier molecular flexibility index (Phi) is 36.1. The van der Waals surface area contributed by atoms with E-state index >= 15 is 0 Å². The Hall–Kier alpha value is -14.0. The molecule has 0 spiro atoms. The molecule has 0 heterocycles. The molecule has 0 aromatic heterocycles. The maximum atomic E-state index is 6.18. The minimum absolute atomic E-state index is 0.0924. The van der Waals surface area contributed by atoms with Crippen LogP contribution < -0.4 is 61.6 Å². The van der Waals surface area contributed by atoms with Crippen molar-refractivity contribution in [3.05, 3.63) is 312 Å². The maximum absolute atomic E-state index is 6.18. The SMILES string of the molecule is CCOc1c2ccccc2c(OCC)c2cc(C(C)(C)C)ccc12.CCOc1c2ccccc2c(OCC)c2cc(C)c(C)cc12.CCOc1c2ccccc2c(OCC)c2cc(CC)ccc12.CCOc1c2ccccc2c(OCC)c2cc(CCCC(C)C)ccc12.CCOc1c2ccccc2c(OCC)c2cc(Cl)ccc12.CCOc1c2ccccc2c(OCC)c2cc(Oc3ccccc3)ccc12. The third kappa shape index (κ3) is 23.2. The molecule has 142 heavy (non-hydrogen) atoms. The van der Waals surface area contributed by atoms with Crippen molar-refractivity contribution >= 4 is 141 Å². The molecule has 0 radical (unpaired) electrons. The molecule has 0 saturated heterocycles. The van der Waals surface area contributed by atoms with Crippen LogP contribution in [0.5, 0.6) is 80.5 Å². The van der Waals surface area contributed by atoms with Gasteiger partial charge in [0, 0.05) is 134 Å². The maximum Gasteiger partial charge on any atom is 0.135 e. The van der Waals surface area contributed by atoms with Gasteiger partial charge in [-0.15, -0.1) is 0 Å². The second kappa shape index (κ2) is 49.4. The first-order valence-electron chi connectivity index (χ1n) is 50.9. The van der Waals surface area contributed by atoms with Crippen molar-refractivity contribution in [1.29, 1.82) is 0 Å². The Morgan fingerprint density at radius 1 is 0.225 bits per heavy atom. The lowest BCUT2D eigenvalue weighted by molar-refractivity contribution is 0.342. The van der Waals surface area contributed by atoms with E-state index < -0.39 is 0 Å². The number of hydrogen-bond acceptors (Lipinski definition) is 13. The van der Waals surface area contributed by atoms with Crippen LogP contribution in [0, 0.1) is 19.8 Å². The van der Waals surface area contributed by atoms with Gasteiger partial charge >= 0.3 is 0 Å². The molecule has 0 amide bonds. The highest BCUT2D eigenvalue weighted by atomic mass is 35.5. The van der Waals surface area contributed by atoms with Gasteiger partial charge in [-0.3, -0.25) is 0 Å². The van der Waals surface area contributed by atoms with Gasteiger partial charge in [-0.1, -0.05) is 260 Å². The third-order valence-electron chi connectivity index (χ3n) is 25.2. The van der Waals surface area contributed by atoms with Crippen LogP contribution in [0.1, 0.15) is 165 Å². The van der Waals surface area contributed by atoms with Crippen molar-refractivity contribution in [3.8, 4) is 80.5 Å². The van der Waals surface area contributed by atoms with Gasteiger partial charge in [0.2, 0.25) is 0 Å². The summed E-state index contributed by atoms with van der Waals surface area (Å²) in [5.74, 6) is 13.5. The molecule has 0 saturated carbocycles. The van der Waals surface area contributed by atoms with Crippen LogP contribution >= 0.6 is 11.6 Å². The lowest BCUT2D eigenvalue weighted by Crippen LogP contribution is -2.11. The molecule has 0 aliphatic heterocycles. The number of fused-ring (bicyclic) bond motifs is 12. The Bertz CT molecular complexity index is 7500. The van der Waals surface area contributed by atoms with Crippen LogP contribution in [0.3, 0.4) is 0 Å². The van der Waals surface area contributed by atoms with Crippen LogP contribution in [0.15, 0.2) is 279 Å². The van der Waals surface area contributed by atoms with E-state index in [0.29, 0.717) is 84.3 Å². The van der Waals surface area contributed by atoms with Crippen LogP contribution in [0.25, 0.3) is 129 Å². The fraction of sp³-hybridized carbons (Fsp3) is 0.297. The van der Waals surface area contributed by atoms with Gasteiger partial charge < -0.3 is 61.6 Å². The van der Waals surface area contributed by atoms with Gasteiger partial charge in [-0.2, -0.15) is 0 Å². The summed E-state index contributed by atoms with van der Waals surface area (Å²) >= 11 is 6.18. The van der Waals surface area contributed by atoms with Gasteiger partial charge in [-0.25, -0.2) is 0 Å². The number of halogens is 1. The zero-order chi connectivity index (χ0) is 101. The summed E-state index contributed by atoms with van der Waals surface area (Å²) in [4.78, 5) is 0. The van der Waals surface area contributed by atoms with Crippen molar-refractivity contribution in [2.45, 2.75) is 170 Å². The van der Waals surface area contributed by atoms with E-state index in [1.165, 1.54) is 40.7 Å². The van der Waals surface area contributed by atoms with Gasteiger partial charge in [0.15, 0.2) is 0 Å². The van der Waals surface area contributed by atoms with E-state index in [9.17, 15) is 0 Å². The summed E-state index contributed by atoms with van der Waals surface area (Å²) in [5, 5.41) is 27.0. The number of para-hydroxylation sites is 1. The van der Waals surface area contributed by atoms with E-state index in [0.717, 1.165) is 229 Å². The molecule has 19 aromatic carbocycles. The van der Waals surface area contributed by atoms with Crippen molar-refractivity contribution in [2.24, 2.45) is 5.92 Å². The third-order valence-corrected chi connectivity index (χ3v) is 25.4. The highest BCUT2D eigenvalue weighted by Gasteiger charge is 2.26. The number of benzene rings is 19. The Morgan fingerprint density at radius 3 is 0.746 bits per heavy atom. The molecule has 19 aromatic rings. The molecule has 0 atom stereocenters. The molecule has 19 rings (SSSR count). The molecular weight excluding hydrogens is 1780 g/mol. The smallest absolute Gasteiger partial charge is 0.135 e. The molecule has 0 aliphatic carbocycles.